The Labute approximate surface area is 217 Å². The Morgan fingerprint density at radius 3 is 2.47 bits per heavy atom. The zero-order valence-electron chi connectivity index (χ0n) is 18.9. The van der Waals surface area contributed by atoms with Crippen LogP contribution in [0.15, 0.2) is 85.1 Å². The number of carbonyl (C=O) groups excluding carboxylic acids is 2. The van der Waals surface area contributed by atoms with Crippen molar-refractivity contribution in [2.75, 3.05) is 5.32 Å². The lowest BCUT2D eigenvalue weighted by molar-refractivity contribution is 0.0857. The van der Waals surface area contributed by atoms with Gasteiger partial charge >= 0.3 is 0 Å². The Morgan fingerprint density at radius 2 is 1.69 bits per heavy atom. The third kappa shape index (κ3) is 4.84. The van der Waals surface area contributed by atoms with Gasteiger partial charge in [0.1, 0.15) is 0 Å². The molecule has 1 aromatic heterocycles. The maximum atomic E-state index is 12.9. The van der Waals surface area contributed by atoms with Crippen LogP contribution in [0.5, 0.6) is 0 Å². The molecule has 5 rings (SSSR count). The van der Waals surface area contributed by atoms with Crippen molar-refractivity contribution in [1.29, 1.82) is 0 Å². The van der Waals surface area contributed by atoms with Gasteiger partial charge in [-0.05, 0) is 59.7 Å². The molecule has 0 spiro atoms. The van der Waals surface area contributed by atoms with Gasteiger partial charge < -0.3 is 15.7 Å². The Balaban J connectivity index is 1.31. The summed E-state index contributed by atoms with van der Waals surface area (Å²) in [5, 5.41) is 16.8. The second kappa shape index (κ2) is 10.1. The summed E-state index contributed by atoms with van der Waals surface area (Å²) in [7, 11) is 0. The second-order valence-electron chi connectivity index (χ2n) is 8.48. The fraction of sp³-hybridized carbons (Fsp3) is 0.107. The molecule has 4 aromatic rings. The molecule has 0 bridgehead atoms. The second-order valence-corrected chi connectivity index (χ2v) is 9.29. The lowest BCUT2D eigenvalue weighted by Crippen LogP contribution is -2.33. The van der Waals surface area contributed by atoms with Crippen LogP contribution in [0.3, 0.4) is 0 Å². The smallest absolute Gasteiger partial charge is 0.257 e. The Bertz CT molecular complexity index is 1460. The molecule has 0 radical (unpaired) electrons. The van der Waals surface area contributed by atoms with Crippen LogP contribution in [-0.4, -0.2) is 28.0 Å². The number of aliphatic hydroxyl groups excluding tert-OH is 1. The number of halogens is 2. The molecule has 6 nitrogen and oxygen atoms in total. The van der Waals surface area contributed by atoms with E-state index in [-0.39, 0.29) is 22.1 Å². The number of aromatic nitrogens is 1. The van der Waals surface area contributed by atoms with Crippen molar-refractivity contribution in [1.82, 2.24) is 10.3 Å². The maximum absolute atomic E-state index is 12.9. The molecule has 2 amide bonds. The first-order valence-electron chi connectivity index (χ1n) is 11.3. The van der Waals surface area contributed by atoms with E-state index in [0.717, 1.165) is 11.1 Å². The zero-order valence-corrected chi connectivity index (χ0v) is 20.4. The molecular weight excluding hydrogens is 497 g/mol. The SMILES string of the molecule is O=C(NC1c2ccccc2CC1O)c1ccc(C(=O)Nc2ccc(Cl)c(-c3ccccn3)c2)c(Cl)c1. The molecule has 36 heavy (non-hydrogen) atoms. The molecule has 0 saturated heterocycles. The largest absolute Gasteiger partial charge is 0.390 e. The predicted molar refractivity (Wildman–Crippen MR) is 140 cm³/mol. The molecule has 2 atom stereocenters. The van der Waals surface area contributed by atoms with E-state index in [1.54, 1.807) is 24.4 Å². The van der Waals surface area contributed by atoms with Gasteiger partial charge in [-0.25, -0.2) is 0 Å². The van der Waals surface area contributed by atoms with Crippen LogP contribution >= 0.6 is 23.2 Å². The number of amides is 2. The van der Waals surface area contributed by atoms with E-state index in [1.807, 2.05) is 42.5 Å². The molecule has 0 saturated carbocycles. The minimum Gasteiger partial charge on any atom is -0.390 e. The van der Waals surface area contributed by atoms with Crippen molar-refractivity contribution in [3.8, 4) is 11.3 Å². The van der Waals surface area contributed by atoms with E-state index in [0.29, 0.717) is 28.4 Å². The highest BCUT2D eigenvalue weighted by Gasteiger charge is 2.32. The molecule has 1 aliphatic rings. The molecule has 0 fully saturated rings. The van der Waals surface area contributed by atoms with Gasteiger partial charge in [0.15, 0.2) is 0 Å². The fourth-order valence-corrected chi connectivity index (χ4v) is 4.81. The summed E-state index contributed by atoms with van der Waals surface area (Å²) in [4.78, 5) is 30.1. The van der Waals surface area contributed by atoms with E-state index < -0.39 is 18.1 Å². The number of carbonyl (C=O) groups is 2. The van der Waals surface area contributed by atoms with Crippen molar-refractivity contribution in [2.45, 2.75) is 18.6 Å². The maximum Gasteiger partial charge on any atom is 0.257 e. The average molecular weight is 518 g/mol. The van der Waals surface area contributed by atoms with Crippen LogP contribution in [0.1, 0.15) is 37.9 Å². The summed E-state index contributed by atoms with van der Waals surface area (Å²) >= 11 is 12.7. The summed E-state index contributed by atoms with van der Waals surface area (Å²) in [5.41, 5.74) is 4.30. The molecule has 2 unspecified atom stereocenters. The predicted octanol–water partition coefficient (Wildman–Crippen LogP) is 5.70. The third-order valence-electron chi connectivity index (χ3n) is 6.13. The average Bonchev–Trinajstić information content (AvgIpc) is 3.20. The lowest BCUT2D eigenvalue weighted by atomic mass is 10.1. The molecule has 180 valence electrons. The number of fused-ring (bicyclic) bond motifs is 1. The van der Waals surface area contributed by atoms with E-state index in [2.05, 4.69) is 15.6 Å². The molecule has 8 heteroatoms. The lowest BCUT2D eigenvalue weighted by Gasteiger charge is -2.18. The highest BCUT2D eigenvalue weighted by molar-refractivity contribution is 6.35. The number of rotatable bonds is 5. The topological polar surface area (TPSA) is 91.3 Å². The molecule has 3 N–H and O–H groups in total. The molecule has 0 aliphatic heterocycles. The Kier molecular flexibility index (Phi) is 6.74. The standard InChI is InChI=1S/C28H21Cl2N3O3/c29-22-11-9-18(15-21(22)24-7-3-4-12-31-24)32-28(36)20-10-8-17(13-23(20)30)27(35)33-26-19-6-2-1-5-16(19)14-25(26)34/h1-13,15,25-26,34H,14H2,(H,32,36)(H,33,35). The van der Waals surface area contributed by atoms with Crippen molar-refractivity contribution in [2.24, 2.45) is 0 Å². The highest BCUT2D eigenvalue weighted by atomic mass is 35.5. The van der Waals surface area contributed by atoms with Gasteiger partial charge in [0, 0.05) is 29.4 Å². The van der Waals surface area contributed by atoms with Gasteiger partial charge in [-0.2, -0.15) is 0 Å². The van der Waals surface area contributed by atoms with E-state index in [4.69, 9.17) is 23.2 Å². The molecule has 1 heterocycles. The van der Waals surface area contributed by atoms with Crippen LogP contribution in [0.25, 0.3) is 11.3 Å². The first-order valence-corrected chi connectivity index (χ1v) is 12.0. The summed E-state index contributed by atoms with van der Waals surface area (Å²) in [6.07, 6.45) is 1.44. The number of benzene rings is 3. The number of nitrogens with zero attached hydrogens (tertiary/aromatic N) is 1. The minimum atomic E-state index is -0.706. The van der Waals surface area contributed by atoms with E-state index >= 15 is 0 Å². The first kappa shape index (κ1) is 24.0. The Hall–Kier alpha value is -3.71. The van der Waals surface area contributed by atoms with E-state index in [9.17, 15) is 14.7 Å². The number of hydrogen-bond acceptors (Lipinski definition) is 4. The van der Waals surface area contributed by atoms with Crippen molar-refractivity contribution < 1.29 is 14.7 Å². The van der Waals surface area contributed by atoms with Crippen molar-refractivity contribution in [3.63, 3.8) is 0 Å². The zero-order chi connectivity index (χ0) is 25.2. The minimum absolute atomic E-state index is 0.131. The number of aliphatic hydroxyl groups is 1. The summed E-state index contributed by atoms with van der Waals surface area (Å²) < 4.78 is 0. The van der Waals surface area contributed by atoms with Gasteiger partial charge in [0.25, 0.3) is 11.8 Å². The number of pyridine rings is 1. The Morgan fingerprint density at radius 1 is 0.889 bits per heavy atom. The van der Waals surface area contributed by atoms with Gasteiger partial charge in [-0.3, -0.25) is 14.6 Å². The molecule has 1 aliphatic carbocycles. The van der Waals surface area contributed by atoms with Gasteiger partial charge in [0.05, 0.1) is 33.4 Å². The monoisotopic (exact) mass is 517 g/mol. The third-order valence-corrected chi connectivity index (χ3v) is 6.77. The van der Waals surface area contributed by atoms with Crippen LogP contribution in [-0.2, 0) is 6.42 Å². The van der Waals surface area contributed by atoms with Crippen LogP contribution in [0, 0.1) is 0 Å². The fourth-order valence-electron chi connectivity index (χ4n) is 4.33. The van der Waals surface area contributed by atoms with E-state index in [1.165, 1.54) is 18.2 Å². The summed E-state index contributed by atoms with van der Waals surface area (Å²) in [6, 6.07) is 22.2. The molecular formula is C28H21Cl2N3O3. The quantitative estimate of drug-likeness (QED) is 0.316. The van der Waals surface area contributed by atoms with Gasteiger partial charge in [-0.1, -0.05) is 53.5 Å². The van der Waals surface area contributed by atoms with Crippen LogP contribution < -0.4 is 10.6 Å². The van der Waals surface area contributed by atoms with Gasteiger partial charge in [0.2, 0.25) is 0 Å². The van der Waals surface area contributed by atoms with Gasteiger partial charge in [-0.15, -0.1) is 0 Å². The number of nitrogens with one attached hydrogen (secondary N) is 2. The van der Waals surface area contributed by atoms with Crippen molar-refractivity contribution >= 4 is 40.7 Å². The number of anilines is 1. The highest BCUT2D eigenvalue weighted by Crippen LogP contribution is 2.32. The molecule has 3 aromatic carbocycles. The summed E-state index contributed by atoms with van der Waals surface area (Å²) in [5.74, 6) is -0.816. The number of hydrogen-bond donors (Lipinski definition) is 3. The normalized spacial score (nSPS) is 16.3. The van der Waals surface area contributed by atoms with Crippen LogP contribution in [0.2, 0.25) is 10.0 Å². The van der Waals surface area contributed by atoms with Crippen molar-refractivity contribution in [3.05, 3.63) is 117 Å². The van der Waals surface area contributed by atoms with Crippen LogP contribution in [0.4, 0.5) is 5.69 Å². The summed E-state index contributed by atoms with van der Waals surface area (Å²) in [6.45, 7) is 0. The first-order chi connectivity index (χ1) is 17.4.